The van der Waals surface area contributed by atoms with Crippen LogP contribution < -0.4 is 9.80 Å². The molecule has 240 valence electrons. The number of carbonyl (C=O) groups excluding carboxylic acids is 3. The maximum absolute atomic E-state index is 14.0. The summed E-state index contributed by atoms with van der Waals surface area (Å²) in [5.74, 6) is -1.68. The molecule has 5 rings (SSSR count). The second-order valence-corrected chi connectivity index (χ2v) is 11.7. The van der Waals surface area contributed by atoms with Gasteiger partial charge in [0.1, 0.15) is 0 Å². The van der Waals surface area contributed by atoms with E-state index in [1.165, 1.54) is 28.0 Å². The van der Waals surface area contributed by atoms with Gasteiger partial charge in [0, 0.05) is 61.8 Å². The fraction of sp³-hybridized carbons (Fsp3) is 0.343. The molecule has 0 radical (unpaired) electrons. The Morgan fingerprint density at radius 2 is 1.83 bits per heavy atom. The third kappa shape index (κ3) is 6.70. The average molecular weight is 627 g/mol. The second kappa shape index (κ2) is 14.1. The molecule has 1 fully saturated rings. The minimum atomic E-state index is -2.13. The highest BCUT2D eigenvalue weighted by atomic mass is 16.6. The number of rotatable bonds is 12. The van der Waals surface area contributed by atoms with Crippen LogP contribution in [0.1, 0.15) is 49.3 Å². The predicted octanol–water partition coefficient (Wildman–Crippen LogP) is 4.45. The molecule has 0 aromatic heterocycles. The number of nitro benzene ring substituents is 1. The van der Waals surface area contributed by atoms with Gasteiger partial charge in [-0.2, -0.15) is 0 Å². The van der Waals surface area contributed by atoms with E-state index in [-0.39, 0.29) is 49.2 Å². The largest absolute Gasteiger partial charge is 0.395 e. The first-order valence-electron chi connectivity index (χ1n) is 15.4. The highest BCUT2D eigenvalue weighted by molar-refractivity contribution is 6.07. The van der Waals surface area contributed by atoms with Crippen molar-refractivity contribution < 1.29 is 29.5 Å². The zero-order chi connectivity index (χ0) is 32.8. The maximum Gasteiger partial charge on any atom is 0.269 e. The molecule has 11 nitrogen and oxygen atoms in total. The monoisotopic (exact) mass is 626 g/mol. The second-order valence-electron chi connectivity index (χ2n) is 11.7. The van der Waals surface area contributed by atoms with Crippen molar-refractivity contribution in [3.05, 3.63) is 112 Å². The molecule has 0 bridgehead atoms. The Hall–Kier alpha value is -4.87. The van der Waals surface area contributed by atoms with Crippen molar-refractivity contribution in [2.75, 3.05) is 29.5 Å². The topological polar surface area (TPSA) is 145 Å². The number of aliphatic hydroxyl groups excluding tert-OH is 1. The summed E-state index contributed by atoms with van der Waals surface area (Å²) in [4.78, 5) is 55.4. The third-order valence-corrected chi connectivity index (χ3v) is 8.67. The SMILES string of the molecule is C[C@H](/C=C/CC(=O)N(CCO)Cc1ccccc1)[C@@]1(O)C(=O)N(Cc2cccc(N3CCCCC3=O)c2)c2ccc([N+](=O)[O-])cc21. The predicted molar refractivity (Wildman–Crippen MR) is 173 cm³/mol. The summed E-state index contributed by atoms with van der Waals surface area (Å²) < 4.78 is 0. The van der Waals surface area contributed by atoms with Crippen LogP contribution in [0.15, 0.2) is 84.9 Å². The summed E-state index contributed by atoms with van der Waals surface area (Å²) in [5.41, 5.74) is 0.457. The van der Waals surface area contributed by atoms with Gasteiger partial charge in [0.25, 0.3) is 11.6 Å². The Morgan fingerprint density at radius 1 is 1.07 bits per heavy atom. The van der Waals surface area contributed by atoms with Crippen molar-refractivity contribution in [1.29, 1.82) is 0 Å². The van der Waals surface area contributed by atoms with Gasteiger partial charge in [-0.15, -0.1) is 0 Å². The number of carbonyl (C=O) groups is 3. The molecule has 2 aliphatic rings. The van der Waals surface area contributed by atoms with E-state index in [1.807, 2.05) is 54.6 Å². The van der Waals surface area contributed by atoms with Gasteiger partial charge in [-0.3, -0.25) is 24.5 Å². The Bertz CT molecular complexity index is 1640. The van der Waals surface area contributed by atoms with Crippen molar-refractivity contribution in [3.8, 4) is 0 Å². The summed E-state index contributed by atoms with van der Waals surface area (Å²) in [6.07, 6.45) is 5.36. The molecule has 0 unspecified atom stereocenters. The van der Waals surface area contributed by atoms with Gasteiger partial charge in [-0.1, -0.05) is 61.5 Å². The van der Waals surface area contributed by atoms with Crippen LogP contribution in [0.2, 0.25) is 0 Å². The normalized spacial score (nSPS) is 18.6. The van der Waals surface area contributed by atoms with E-state index in [9.17, 15) is 34.7 Å². The molecular formula is C35H38N4O7. The minimum absolute atomic E-state index is 0.0328. The molecule has 2 heterocycles. The van der Waals surface area contributed by atoms with Gasteiger partial charge in [-0.25, -0.2) is 0 Å². The number of hydrogen-bond donors (Lipinski definition) is 2. The zero-order valence-corrected chi connectivity index (χ0v) is 25.7. The standard InChI is InChI=1S/C35H38N4O7/c1-25(9-7-15-32(41)36(19-20-40)23-26-10-3-2-4-11-26)35(44)30-22-29(39(45)46)16-17-31(30)38(34(35)43)24-27-12-8-13-28(21-27)37-18-6-5-14-33(37)42/h2-4,7-13,16-17,21-22,25,40,44H,5-6,14-15,18-20,23-24H2,1H3/b9-7+/t25-,35+/m1/s1. The first kappa shape index (κ1) is 32.5. The number of anilines is 2. The number of hydrogen-bond acceptors (Lipinski definition) is 7. The van der Waals surface area contributed by atoms with Crippen molar-refractivity contribution >= 4 is 34.8 Å². The molecule has 3 amide bonds. The molecular weight excluding hydrogens is 588 g/mol. The first-order valence-corrected chi connectivity index (χ1v) is 15.4. The van der Waals surface area contributed by atoms with Crippen molar-refractivity contribution in [3.63, 3.8) is 0 Å². The van der Waals surface area contributed by atoms with Gasteiger partial charge in [-0.05, 0) is 42.2 Å². The Morgan fingerprint density at radius 3 is 2.54 bits per heavy atom. The number of aliphatic hydroxyl groups is 2. The molecule has 1 saturated heterocycles. The maximum atomic E-state index is 14.0. The van der Waals surface area contributed by atoms with E-state index in [1.54, 1.807) is 24.0 Å². The lowest BCUT2D eigenvalue weighted by atomic mass is 9.82. The summed E-state index contributed by atoms with van der Waals surface area (Å²) in [5, 5.41) is 33.2. The number of amides is 3. The van der Waals surface area contributed by atoms with Crippen molar-refractivity contribution in [1.82, 2.24) is 4.90 Å². The first-order chi connectivity index (χ1) is 22.1. The lowest BCUT2D eigenvalue weighted by Gasteiger charge is -2.28. The molecule has 2 atom stereocenters. The van der Waals surface area contributed by atoms with Gasteiger partial charge in [0.15, 0.2) is 5.60 Å². The van der Waals surface area contributed by atoms with Gasteiger partial charge >= 0.3 is 0 Å². The van der Waals surface area contributed by atoms with E-state index in [0.29, 0.717) is 25.2 Å². The lowest BCUT2D eigenvalue weighted by Crippen LogP contribution is -2.44. The molecule has 3 aromatic rings. The van der Waals surface area contributed by atoms with Gasteiger partial charge in [0.05, 0.1) is 23.8 Å². The van der Waals surface area contributed by atoms with E-state index in [4.69, 9.17) is 0 Å². The van der Waals surface area contributed by atoms with Crippen LogP contribution in [0.4, 0.5) is 17.1 Å². The summed E-state index contributed by atoms with van der Waals surface area (Å²) >= 11 is 0. The van der Waals surface area contributed by atoms with Crippen LogP contribution in [0.3, 0.4) is 0 Å². The fourth-order valence-corrected chi connectivity index (χ4v) is 6.15. The van der Waals surface area contributed by atoms with Crippen molar-refractivity contribution in [2.24, 2.45) is 5.92 Å². The molecule has 2 N–H and O–H groups in total. The van der Waals surface area contributed by atoms with Crippen molar-refractivity contribution in [2.45, 2.75) is 51.3 Å². The van der Waals surface area contributed by atoms with Crippen LogP contribution in [0.25, 0.3) is 0 Å². The Balaban J connectivity index is 1.38. The smallest absolute Gasteiger partial charge is 0.269 e. The Kier molecular flexibility index (Phi) is 9.93. The molecule has 0 spiro atoms. The number of nitro groups is 1. The lowest BCUT2D eigenvalue weighted by molar-refractivity contribution is -0.385. The molecule has 11 heteroatoms. The van der Waals surface area contributed by atoms with Crippen LogP contribution in [0, 0.1) is 16.0 Å². The van der Waals surface area contributed by atoms with Crippen LogP contribution in [0.5, 0.6) is 0 Å². The number of fused-ring (bicyclic) bond motifs is 1. The van der Waals surface area contributed by atoms with Crippen LogP contribution >= 0.6 is 0 Å². The van der Waals surface area contributed by atoms with Gasteiger partial charge in [0.2, 0.25) is 11.8 Å². The number of nitrogens with zero attached hydrogens (tertiary/aromatic N) is 4. The summed E-state index contributed by atoms with van der Waals surface area (Å²) in [6.45, 7) is 2.60. The van der Waals surface area contributed by atoms with Gasteiger partial charge < -0.3 is 24.9 Å². The zero-order valence-electron chi connectivity index (χ0n) is 25.7. The van der Waals surface area contributed by atoms with E-state index < -0.39 is 22.3 Å². The molecule has 0 saturated carbocycles. The highest BCUT2D eigenvalue weighted by Crippen LogP contribution is 2.47. The molecule has 3 aromatic carbocycles. The quantitative estimate of drug-likeness (QED) is 0.172. The van der Waals surface area contributed by atoms with E-state index >= 15 is 0 Å². The number of benzene rings is 3. The van der Waals surface area contributed by atoms with E-state index in [2.05, 4.69) is 0 Å². The highest BCUT2D eigenvalue weighted by Gasteiger charge is 2.53. The molecule has 2 aliphatic heterocycles. The number of piperidine rings is 1. The summed E-state index contributed by atoms with van der Waals surface area (Å²) in [6, 6.07) is 20.7. The Labute approximate surface area is 267 Å². The number of non-ortho nitro benzene ring substituents is 1. The fourth-order valence-electron chi connectivity index (χ4n) is 6.15. The minimum Gasteiger partial charge on any atom is -0.395 e. The average Bonchev–Trinajstić information content (AvgIpc) is 3.27. The molecule has 0 aliphatic carbocycles. The van der Waals surface area contributed by atoms with E-state index in [0.717, 1.165) is 29.7 Å². The van der Waals surface area contributed by atoms with Crippen LogP contribution in [-0.4, -0.2) is 57.5 Å². The third-order valence-electron chi connectivity index (χ3n) is 8.67. The molecule has 46 heavy (non-hydrogen) atoms. The van der Waals surface area contributed by atoms with Crippen LogP contribution in [-0.2, 0) is 33.1 Å². The summed E-state index contributed by atoms with van der Waals surface area (Å²) in [7, 11) is 0.